The molecule has 2 aromatic heterocycles. The van der Waals surface area contributed by atoms with Gasteiger partial charge in [0, 0.05) is 17.4 Å². The fraction of sp³-hybridized carbons (Fsp3) is 0.353. The van der Waals surface area contributed by atoms with Crippen LogP contribution in [-0.2, 0) is 4.74 Å². The maximum atomic E-state index is 11.7. The fourth-order valence-electron chi connectivity index (χ4n) is 2.71. The molecule has 1 aromatic carbocycles. The topological polar surface area (TPSA) is 83.1 Å². The van der Waals surface area contributed by atoms with E-state index in [0.717, 1.165) is 47.3 Å². The molecule has 0 saturated carbocycles. The molecule has 24 heavy (non-hydrogen) atoms. The van der Waals surface area contributed by atoms with Crippen molar-refractivity contribution in [3.8, 4) is 0 Å². The van der Waals surface area contributed by atoms with Gasteiger partial charge in [-0.2, -0.15) is 0 Å². The minimum atomic E-state index is -0.358. The summed E-state index contributed by atoms with van der Waals surface area (Å²) < 4.78 is 4.77. The molecule has 0 amide bonds. The van der Waals surface area contributed by atoms with Crippen LogP contribution in [0.25, 0.3) is 21.9 Å². The molecule has 2 heterocycles. The number of aromatic amines is 1. The molecule has 0 bridgehead atoms. The molecule has 7 nitrogen and oxygen atoms in total. The number of hydrogen-bond acceptors (Lipinski definition) is 6. The average molecular weight is 327 g/mol. The van der Waals surface area contributed by atoms with Gasteiger partial charge in [-0.1, -0.05) is 6.07 Å². The molecule has 7 heteroatoms. The van der Waals surface area contributed by atoms with Crippen LogP contribution >= 0.6 is 0 Å². The first-order chi connectivity index (χ1) is 11.6. The number of esters is 1. The lowest BCUT2D eigenvalue weighted by Gasteiger charge is -2.10. The number of hydrogen-bond donors (Lipinski definition) is 2. The number of ether oxygens (including phenoxy) is 1. The zero-order valence-electron chi connectivity index (χ0n) is 14.1. The highest BCUT2D eigenvalue weighted by Gasteiger charge is 2.13. The summed E-state index contributed by atoms with van der Waals surface area (Å²) in [7, 11) is 5.49. The first-order valence-electron chi connectivity index (χ1n) is 7.83. The molecule has 0 aliphatic carbocycles. The monoisotopic (exact) mass is 327 g/mol. The average Bonchev–Trinajstić information content (AvgIpc) is 2.96. The van der Waals surface area contributed by atoms with Crippen LogP contribution in [-0.4, -0.2) is 60.1 Å². The lowest BCUT2D eigenvalue weighted by molar-refractivity contribution is 0.0601. The summed E-state index contributed by atoms with van der Waals surface area (Å²) in [6.45, 7) is 1.84. The predicted octanol–water partition coefficient (Wildman–Crippen LogP) is 2.26. The number of methoxy groups -OCH3 is 1. The van der Waals surface area contributed by atoms with Crippen LogP contribution in [0.3, 0.4) is 0 Å². The van der Waals surface area contributed by atoms with Gasteiger partial charge in [0.25, 0.3) is 0 Å². The van der Waals surface area contributed by atoms with Gasteiger partial charge < -0.3 is 19.9 Å². The van der Waals surface area contributed by atoms with E-state index in [1.54, 1.807) is 12.1 Å². The predicted molar refractivity (Wildman–Crippen MR) is 94.4 cm³/mol. The Morgan fingerprint density at radius 1 is 1.33 bits per heavy atom. The fourth-order valence-corrected chi connectivity index (χ4v) is 2.71. The Morgan fingerprint density at radius 2 is 2.17 bits per heavy atom. The minimum Gasteiger partial charge on any atom is -0.465 e. The van der Waals surface area contributed by atoms with Crippen molar-refractivity contribution < 1.29 is 9.53 Å². The van der Waals surface area contributed by atoms with Crippen LogP contribution < -0.4 is 5.32 Å². The van der Waals surface area contributed by atoms with Crippen molar-refractivity contribution in [1.82, 2.24) is 19.9 Å². The van der Waals surface area contributed by atoms with Gasteiger partial charge in [0.1, 0.15) is 17.8 Å². The van der Waals surface area contributed by atoms with Gasteiger partial charge in [-0.3, -0.25) is 0 Å². The Kier molecular flexibility index (Phi) is 4.61. The Bertz CT molecular complexity index is 872. The molecule has 0 aliphatic heterocycles. The molecule has 0 fully saturated rings. The molecule has 0 radical (unpaired) electrons. The van der Waals surface area contributed by atoms with Crippen LogP contribution in [0.5, 0.6) is 0 Å². The van der Waals surface area contributed by atoms with Crippen molar-refractivity contribution in [2.45, 2.75) is 6.42 Å². The highest BCUT2D eigenvalue weighted by molar-refractivity contribution is 6.12. The van der Waals surface area contributed by atoms with E-state index in [-0.39, 0.29) is 5.97 Å². The van der Waals surface area contributed by atoms with Crippen LogP contribution in [0.2, 0.25) is 0 Å². The number of aromatic nitrogens is 3. The minimum absolute atomic E-state index is 0.358. The third-order valence-corrected chi connectivity index (χ3v) is 3.88. The summed E-state index contributed by atoms with van der Waals surface area (Å²) in [6.07, 6.45) is 2.56. The molecule has 0 aliphatic rings. The Balaban J connectivity index is 1.94. The summed E-state index contributed by atoms with van der Waals surface area (Å²) in [5.41, 5.74) is 2.09. The second kappa shape index (κ2) is 6.84. The van der Waals surface area contributed by atoms with Crippen LogP contribution in [0.1, 0.15) is 16.8 Å². The second-order valence-corrected chi connectivity index (χ2v) is 5.91. The van der Waals surface area contributed by atoms with E-state index in [2.05, 4.69) is 39.3 Å². The van der Waals surface area contributed by atoms with Gasteiger partial charge in [-0.25, -0.2) is 14.8 Å². The number of nitrogens with one attached hydrogen (secondary N) is 2. The molecule has 3 aromatic rings. The largest absolute Gasteiger partial charge is 0.465 e. The number of fused-ring (bicyclic) bond motifs is 3. The number of anilines is 1. The van der Waals surface area contributed by atoms with Gasteiger partial charge in [0.05, 0.1) is 18.1 Å². The second-order valence-electron chi connectivity index (χ2n) is 5.91. The van der Waals surface area contributed by atoms with Crippen molar-refractivity contribution in [2.24, 2.45) is 0 Å². The lowest BCUT2D eigenvalue weighted by Crippen LogP contribution is -2.16. The van der Waals surface area contributed by atoms with Crippen LogP contribution in [0.15, 0.2) is 24.5 Å². The number of nitrogens with zero attached hydrogens (tertiary/aromatic N) is 3. The summed E-state index contributed by atoms with van der Waals surface area (Å²) in [5, 5.41) is 5.30. The summed E-state index contributed by atoms with van der Waals surface area (Å²) >= 11 is 0. The van der Waals surface area contributed by atoms with E-state index in [1.165, 1.54) is 13.4 Å². The lowest BCUT2D eigenvalue weighted by atomic mass is 10.1. The highest BCUT2D eigenvalue weighted by Crippen LogP contribution is 2.29. The number of carbonyl (C=O) groups is 1. The van der Waals surface area contributed by atoms with Gasteiger partial charge >= 0.3 is 5.97 Å². The van der Waals surface area contributed by atoms with Gasteiger partial charge in [0.2, 0.25) is 0 Å². The first kappa shape index (κ1) is 16.2. The van der Waals surface area contributed by atoms with Gasteiger partial charge in [-0.05, 0) is 39.2 Å². The summed E-state index contributed by atoms with van der Waals surface area (Å²) in [6, 6.07) is 5.43. The molecule has 0 atom stereocenters. The molecule has 126 valence electrons. The van der Waals surface area contributed by atoms with Gasteiger partial charge in [-0.15, -0.1) is 0 Å². The summed E-state index contributed by atoms with van der Waals surface area (Å²) in [4.78, 5) is 25.7. The Labute approximate surface area is 140 Å². The summed E-state index contributed by atoms with van der Waals surface area (Å²) in [5.74, 6) is 0.444. The smallest absolute Gasteiger partial charge is 0.337 e. The molecular formula is C17H21N5O2. The number of benzene rings is 1. The standard InChI is InChI=1S/C17H21N5O2/c1-22(2)8-4-7-18-15-14-12-6-5-11(17(23)24-3)9-13(12)21-16(14)20-10-19-15/h5-6,9-10H,4,7-8H2,1-3H3,(H2,18,19,20,21). The SMILES string of the molecule is COC(=O)c1ccc2c(c1)[nH]c1ncnc(NCCCN(C)C)c12. The maximum Gasteiger partial charge on any atom is 0.337 e. The van der Waals surface area contributed by atoms with Crippen molar-refractivity contribution in [2.75, 3.05) is 39.6 Å². The zero-order chi connectivity index (χ0) is 17.1. The zero-order valence-corrected chi connectivity index (χ0v) is 14.1. The third-order valence-electron chi connectivity index (χ3n) is 3.88. The van der Waals surface area contributed by atoms with E-state index in [0.29, 0.717) is 5.56 Å². The molecule has 3 rings (SSSR count). The van der Waals surface area contributed by atoms with Gasteiger partial charge in [0.15, 0.2) is 0 Å². The van der Waals surface area contributed by atoms with E-state index in [1.807, 2.05) is 6.07 Å². The third kappa shape index (κ3) is 3.16. The van der Waals surface area contributed by atoms with E-state index < -0.39 is 0 Å². The Hall–Kier alpha value is -2.67. The number of rotatable bonds is 6. The van der Waals surface area contributed by atoms with Crippen molar-refractivity contribution >= 4 is 33.7 Å². The van der Waals surface area contributed by atoms with Crippen LogP contribution in [0, 0.1) is 0 Å². The normalized spacial score (nSPS) is 11.3. The quantitative estimate of drug-likeness (QED) is 0.534. The number of carbonyl (C=O) groups excluding carboxylic acids is 1. The van der Waals surface area contributed by atoms with Crippen molar-refractivity contribution in [1.29, 1.82) is 0 Å². The molecule has 2 N–H and O–H groups in total. The maximum absolute atomic E-state index is 11.7. The molecule has 0 saturated heterocycles. The molecule has 0 spiro atoms. The Morgan fingerprint density at radius 3 is 2.92 bits per heavy atom. The highest BCUT2D eigenvalue weighted by atomic mass is 16.5. The van der Waals surface area contributed by atoms with Crippen molar-refractivity contribution in [3.05, 3.63) is 30.1 Å². The number of H-pyrrole nitrogens is 1. The molecule has 0 unspecified atom stereocenters. The first-order valence-corrected chi connectivity index (χ1v) is 7.83. The van der Waals surface area contributed by atoms with Crippen molar-refractivity contribution in [3.63, 3.8) is 0 Å². The van der Waals surface area contributed by atoms with Crippen LogP contribution in [0.4, 0.5) is 5.82 Å². The van der Waals surface area contributed by atoms with E-state index in [9.17, 15) is 4.79 Å². The van der Waals surface area contributed by atoms with E-state index in [4.69, 9.17) is 4.74 Å². The molecular weight excluding hydrogens is 306 g/mol. The van der Waals surface area contributed by atoms with E-state index >= 15 is 0 Å².